The van der Waals surface area contributed by atoms with Gasteiger partial charge in [0.2, 0.25) is 5.91 Å². The lowest BCUT2D eigenvalue weighted by molar-refractivity contribution is -0.133. The fourth-order valence-electron chi connectivity index (χ4n) is 4.34. The van der Waals surface area contributed by atoms with Gasteiger partial charge >= 0.3 is 0 Å². The number of hydrogen-bond acceptors (Lipinski definition) is 4. The van der Waals surface area contributed by atoms with Crippen molar-refractivity contribution in [3.63, 3.8) is 0 Å². The minimum atomic E-state index is -0.973. The summed E-state index contributed by atoms with van der Waals surface area (Å²) in [6.07, 6.45) is 1.81. The van der Waals surface area contributed by atoms with Crippen LogP contribution in [0.25, 0.3) is 22.4 Å². The van der Waals surface area contributed by atoms with Crippen molar-refractivity contribution < 1.29 is 18.4 Å². The Morgan fingerprint density at radius 1 is 1.22 bits per heavy atom. The van der Waals surface area contributed by atoms with E-state index in [0.717, 1.165) is 24.0 Å². The average molecular weight is 438 g/mol. The molecule has 3 heterocycles. The highest BCUT2D eigenvalue weighted by atomic mass is 19.1. The van der Waals surface area contributed by atoms with E-state index >= 15 is 0 Å². The summed E-state index contributed by atoms with van der Waals surface area (Å²) in [5, 5.41) is 2.80. The Morgan fingerprint density at radius 2 is 1.91 bits per heavy atom. The summed E-state index contributed by atoms with van der Waals surface area (Å²) in [6, 6.07) is 9.84. The topological polar surface area (TPSA) is 75.4 Å². The van der Waals surface area contributed by atoms with Crippen LogP contribution in [0.5, 0.6) is 0 Å². The largest absolute Gasteiger partial charge is 0.449 e. The second-order valence-corrected chi connectivity index (χ2v) is 8.71. The second kappa shape index (κ2) is 8.37. The number of pyridine rings is 1. The van der Waals surface area contributed by atoms with Crippen LogP contribution in [0.2, 0.25) is 0 Å². The Hall–Kier alpha value is -3.22. The van der Waals surface area contributed by atoms with Gasteiger partial charge in [-0.15, -0.1) is 0 Å². The standard InChI is InChI=1S/C25H28FN3O3/c1-5-15(6-2)18-13-19(16-7-9-17(26)10-8-16)28-20-14-21(32-22(18)20)23(30)29-12-11-27-24(31)25(29,3)4/h7-10,13-15H,5-6,11-12H2,1-4H3,(H,27,31). The van der Waals surface area contributed by atoms with Gasteiger partial charge in [0.1, 0.15) is 16.9 Å². The number of amides is 2. The second-order valence-electron chi connectivity index (χ2n) is 8.71. The van der Waals surface area contributed by atoms with Crippen molar-refractivity contribution >= 4 is 22.9 Å². The molecule has 1 aliphatic rings. The van der Waals surface area contributed by atoms with Crippen molar-refractivity contribution in [1.82, 2.24) is 15.2 Å². The van der Waals surface area contributed by atoms with Gasteiger partial charge in [-0.2, -0.15) is 0 Å². The van der Waals surface area contributed by atoms with Crippen LogP contribution in [0, 0.1) is 5.82 Å². The van der Waals surface area contributed by atoms with E-state index in [9.17, 15) is 14.0 Å². The third kappa shape index (κ3) is 3.76. The van der Waals surface area contributed by atoms with Gasteiger partial charge in [-0.1, -0.05) is 13.8 Å². The first-order chi connectivity index (χ1) is 15.3. The molecular weight excluding hydrogens is 409 g/mol. The average Bonchev–Trinajstić information content (AvgIpc) is 3.21. The van der Waals surface area contributed by atoms with Crippen LogP contribution in [0.1, 0.15) is 62.6 Å². The van der Waals surface area contributed by atoms with Crippen molar-refractivity contribution in [2.75, 3.05) is 13.1 Å². The Balaban J connectivity index is 1.83. The zero-order valence-corrected chi connectivity index (χ0v) is 18.9. The van der Waals surface area contributed by atoms with E-state index in [1.807, 2.05) is 6.07 Å². The molecule has 0 unspecified atom stereocenters. The number of piperazine rings is 1. The molecule has 1 saturated heterocycles. The molecule has 0 atom stereocenters. The monoisotopic (exact) mass is 437 g/mol. The lowest BCUT2D eigenvalue weighted by atomic mass is 9.92. The van der Waals surface area contributed by atoms with E-state index in [-0.39, 0.29) is 29.3 Å². The Bertz CT molecular complexity index is 1160. The minimum Gasteiger partial charge on any atom is -0.449 e. The molecule has 1 aromatic carbocycles. The number of carbonyl (C=O) groups excluding carboxylic acids is 2. The number of hydrogen-bond donors (Lipinski definition) is 1. The van der Waals surface area contributed by atoms with Gasteiger partial charge in [-0.3, -0.25) is 9.59 Å². The molecule has 7 heteroatoms. The Morgan fingerprint density at radius 3 is 2.56 bits per heavy atom. The first-order valence-electron chi connectivity index (χ1n) is 11.1. The van der Waals surface area contributed by atoms with Crippen LogP contribution < -0.4 is 5.32 Å². The van der Waals surface area contributed by atoms with E-state index in [1.54, 1.807) is 36.9 Å². The molecule has 0 spiro atoms. The minimum absolute atomic E-state index is 0.165. The van der Waals surface area contributed by atoms with E-state index < -0.39 is 5.54 Å². The lowest BCUT2D eigenvalue weighted by Gasteiger charge is -2.40. The number of nitrogens with zero attached hydrogens (tertiary/aromatic N) is 2. The molecule has 3 aromatic rings. The Kier molecular flexibility index (Phi) is 5.75. The van der Waals surface area contributed by atoms with E-state index in [4.69, 9.17) is 9.40 Å². The van der Waals surface area contributed by atoms with Crippen molar-refractivity contribution in [1.29, 1.82) is 0 Å². The fourth-order valence-corrected chi connectivity index (χ4v) is 4.34. The smallest absolute Gasteiger partial charge is 0.290 e. The van der Waals surface area contributed by atoms with Gasteiger partial charge in [0.15, 0.2) is 11.3 Å². The number of rotatable bonds is 5. The highest BCUT2D eigenvalue weighted by molar-refractivity contribution is 6.00. The van der Waals surface area contributed by atoms with Gasteiger partial charge in [0.05, 0.1) is 5.69 Å². The molecule has 6 nitrogen and oxygen atoms in total. The SMILES string of the molecule is CCC(CC)c1cc(-c2ccc(F)cc2)nc2cc(C(=O)N3CCNC(=O)C3(C)C)oc12. The molecule has 0 bridgehead atoms. The van der Waals surface area contributed by atoms with Crippen LogP contribution in [-0.2, 0) is 4.79 Å². The van der Waals surface area contributed by atoms with E-state index in [2.05, 4.69) is 19.2 Å². The van der Waals surface area contributed by atoms with Gasteiger partial charge in [0.25, 0.3) is 5.91 Å². The fraction of sp³-hybridized carbons (Fsp3) is 0.400. The van der Waals surface area contributed by atoms with E-state index in [1.165, 1.54) is 12.1 Å². The van der Waals surface area contributed by atoms with Crippen LogP contribution in [-0.4, -0.2) is 40.3 Å². The highest BCUT2D eigenvalue weighted by Crippen LogP contribution is 2.35. The molecule has 32 heavy (non-hydrogen) atoms. The number of aromatic nitrogens is 1. The predicted octanol–water partition coefficient (Wildman–Crippen LogP) is 4.89. The molecule has 2 aromatic heterocycles. The predicted molar refractivity (Wildman–Crippen MR) is 121 cm³/mol. The number of carbonyl (C=O) groups is 2. The quantitative estimate of drug-likeness (QED) is 0.617. The molecule has 1 aliphatic heterocycles. The van der Waals surface area contributed by atoms with Gasteiger partial charge in [0, 0.05) is 30.3 Å². The van der Waals surface area contributed by atoms with Crippen molar-refractivity contribution in [2.24, 2.45) is 0 Å². The zero-order chi connectivity index (χ0) is 23.0. The van der Waals surface area contributed by atoms with Crippen LogP contribution in [0.15, 0.2) is 40.8 Å². The molecule has 1 N–H and O–H groups in total. The zero-order valence-electron chi connectivity index (χ0n) is 18.9. The molecule has 1 fully saturated rings. The summed E-state index contributed by atoms with van der Waals surface area (Å²) in [7, 11) is 0. The number of halogens is 1. The summed E-state index contributed by atoms with van der Waals surface area (Å²) >= 11 is 0. The molecule has 4 rings (SSSR count). The summed E-state index contributed by atoms with van der Waals surface area (Å²) in [4.78, 5) is 31.9. The summed E-state index contributed by atoms with van der Waals surface area (Å²) in [5.41, 5.74) is 2.68. The molecule has 0 aliphatic carbocycles. The molecule has 168 valence electrons. The molecule has 0 radical (unpaired) electrons. The summed E-state index contributed by atoms with van der Waals surface area (Å²) < 4.78 is 19.5. The normalized spacial score (nSPS) is 15.9. The number of furan rings is 1. The lowest BCUT2D eigenvalue weighted by Crippen LogP contribution is -2.63. The molecule has 2 amide bonds. The van der Waals surface area contributed by atoms with Gasteiger partial charge in [-0.05, 0) is 62.9 Å². The number of benzene rings is 1. The summed E-state index contributed by atoms with van der Waals surface area (Å²) in [5.74, 6) is -0.437. The number of nitrogens with one attached hydrogen (secondary N) is 1. The van der Waals surface area contributed by atoms with Crippen molar-refractivity contribution in [2.45, 2.75) is 52.0 Å². The first-order valence-corrected chi connectivity index (χ1v) is 11.1. The van der Waals surface area contributed by atoms with Crippen molar-refractivity contribution in [3.8, 4) is 11.3 Å². The van der Waals surface area contributed by atoms with E-state index in [0.29, 0.717) is 29.9 Å². The van der Waals surface area contributed by atoms with Crippen molar-refractivity contribution in [3.05, 3.63) is 53.5 Å². The van der Waals surface area contributed by atoms with Crippen LogP contribution in [0.3, 0.4) is 0 Å². The Labute approximate surface area is 186 Å². The van der Waals surface area contributed by atoms with Crippen LogP contribution in [0.4, 0.5) is 4.39 Å². The molecular formula is C25H28FN3O3. The third-order valence-corrected chi connectivity index (χ3v) is 6.38. The maximum atomic E-state index is 13.4. The first kappa shape index (κ1) is 22.0. The maximum Gasteiger partial charge on any atom is 0.290 e. The summed E-state index contributed by atoms with van der Waals surface area (Å²) in [6.45, 7) is 8.48. The maximum absolute atomic E-state index is 13.4. The highest BCUT2D eigenvalue weighted by Gasteiger charge is 2.41. The van der Waals surface area contributed by atoms with Gasteiger partial charge < -0.3 is 14.6 Å². The number of fused-ring (bicyclic) bond motifs is 1. The third-order valence-electron chi connectivity index (χ3n) is 6.38. The van der Waals surface area contributed by atoms with Gasteiger partial charge in [-0.25, -0.2) is 9.37 Å². The molecule has 0 saturated carbocycles. The van der Waals surface area contributed by atoms with Crippen LogP contribution >= 0.6 is 0 Å².